The number of aryl methyl sites for hydroxylation is 1. The summed E-state index contributed by atoms with van der Waals surface area (Å²) < 4.78 is 5.40. The summed E-state index contributed by atoms with van der Waals surface area (Å²) in [4.78, 5) is 30.0. The molecule has 0 bridgehead atoms. The summed E-state index contributed by atoms with van der Waals surface area (Å²) in [5.41, 5.74) is 6.09. The van der Waals surface area contributed by atoms with E-state index in [4.69, 9.17) is 14.6 Å². The molecule has 1 amide bonds. The smallest absolute Gasteiger partial charge is 0.407 e. The molecule has 0 radical (unpaired) electrons. The number of ether oxygens (including phenoxy) is 1. The lowest BCUT2D eigenvalue weighted by Crippen LogP contribution is -2.40. The Kier molecular flexibility index (Phi) is 6.65. The molecule has 1 aromatic carbocycles. The van der Waals surface area contributed by atoms with Crippen LogP contribution in [0.2, 0.25) is 0 Å². The van der Waals surface area contributed by atoms with Gasteiger partial charge in [0.25, 0.3) is 0 Å². The highest BCUT2D eigenvalue weighted by Gasteiger charge is 2.29. The van der Waals surface area contributed by atoms with E-state index < -0.39 is 17.1 Å². The van der Waals surface area contributed by atoms with Gasteiger partial charge in [-0.3, -0.25) is 4.98 Å². The van der Waals surface area contributed by atoms with Crippen LogP contribution in [0, 0.1) is 0 Å². The molecule has 1 aliphatic rings. The van der Waals surface area contributed by atoms with E-state index in [9.17, 15) is 4.79 Å². The number of carbonyl (C=O) groups is 1. The van der Waals surface area contributed by atoms with Crippen LogP contribution < -0.4 is 5.32 Å². The van der Waals surface area contributed by atoms with E-state index in [0.29, 0.717) is 6.54 Å². The van der Waals surface area contributed by atoms with Crippen molar-refractivity contribution < 1.29 is 14.4 Å². The number of oxime groups is 1. The van der Waals surface area contributed by atoms with E-state index in [1.165, 1.54) is 5.56 Å². The van der Waals surface area contributed by atoms with Crippen molar-refractivity contribution in [3.8, 4) is 22.5 Å². The van der Waals surface area contributed by atoms with Gasteiger partial charge in [0.2, 0.25) is 0 Å². The summed E-state index contributed by atoms with van der Waals surface area (Å²) in [6, 6.07) is 10.3. The highest BCUT2D eigenvalue weighted by atomic mass is 16.6. The van der Waals surface area contributed by atoms with E-state index in [1.54, 1.807) is 19.5 Å². The maximum absolute atomic E-state index is 12.2. The number of rotatable bonds is 6. The van der Waals surface area contributed by atoms with E-state index >= 15 is 0 Å². The van der Waals surface area contributed by atoms with Crippen molar-refractivity contribution in [2.75, 3.05) is 13.7 Å². The lowest BCUT2D eigenvalue weighted by atomic mass is 9.92. The van der Waals surface area contributed by atoms with Crippen LogP contribution in [0.5, 0.6) is 0 Å². The average molecular weight is 476 g/mol. The predicted octanol–water partition coefficient (Wildman–Crippen LogP) is 5.24. The molecular formula is C27H33N5O3. The van der Waals surface area contributed by atoms with Gasteiger partial charge in [-0.2, -0.15) is 0 Å². The zero-order valence-corrected chi connectivity index (χ0v) is 21.2. The standard InChI is InChI=1S/C27H33N5O3/c1-26(2,3)35-25(33)29-16-27(4,5)24-30-22(17-11-13-28-14-12-17)23(31-24)19-7-9-20-18(15-19)8-10-21(20)32-34-6/h7,9,11-15H,8,10,16H2,1-6H3,(H,29,33)(H,30,31). The SMILES string of the molecule is CON=C1CCc2cc(-c3nc(C(C)(C)CNC(=O)OC(C)(C)C)[nH]c3-c3ccncc3)ccc21. The molecule has 2 aromatic heterocycles. The first-order chi connectivity index (χ1) is 16.6. The Morgan fingerprint density at radius 3 is 2.51 bits per heavy atom. The normalized spacial score (nSPS) is 14.6. The number of imidazole rings is 1. The molecule has 0 spiro atoms. The van der Waals surface area contributed by atoms with Crippen molar-refractivity contribution in [2.45, 2.75) is 58.5 Å². The van der Waals surface area contributed by atoms with Crippen molar-refractivity contribution in [3.63, 3.8) is 0 Å². The largest absolute Gasteiger partial charge is 0.444 e. The Bertz CT molecular complexity index is 1240. The molecule has 2 N–H and O–H groups in total. The van der Waals surface area contributed by atoms with Crippen LogP contribution in [0.1, 0.15) is 58.0 Å². The molecule has 0 unspecified atom stereocenters. The number of aromatic amines is 1. The van der Waals surface area contributed by atoms with Gasteiger partial charge in [0.1, 0.15) is 18.5 Å². The molecule has 0 atom stereocenters. The fourth-order valence-corrected chi connectivity index (χ4v) is 4.14. The molecule has 184 valence electrons. The Balaban J connectivity index is 1.69. The van der Waals surface area contributed by atoms with Gasteiger partial charge in [0.05, 0.1) is 17.1 Å². The lowest BCUT2D eigenvalue weighted by Gasteiger charge is -2.25. The van der Waals surface area contributed by atoms with Crippen molar-refractivity contribution in [1.29, 1.82) is 0 Å². The minimum Gasteiger partial charge on any atom is -0.444 e. The second-order valence-corrected chi connectivity index (χ2v) is 10.4. The second-order valence-electron chi connectivity index (χ2n) is 10.4. The quantitative estimate of drug-likeness (QED) is 0.475. The lowest BCUT2D eigenvalue weighted by molar-refractivity contribution is 0.0516. The minimum absolute atomic E-state index is 0.367. The third kappa shape index (κ3) is 5.53. The van der Waals surface area contributed by atoms with Gasteiger partial charge in [-0.15, -0.1) is 0 Å². The summed E-state index contributed by atoms with van der Waals surface area (Å²) in [5.74, 6) is 0.775. The third-order valence-corrected chi connectivity index (χ3v) is 5.91. The molecule has 2 heterocycles. The van der Waals surface area contributed by atoms with Crippen LogP contribution in [-0.4, -0.2) is 46.0 Å². The van der Waals surface area contributed by atoms with Gasteiger partial charge in [-0.1, -0.05) is 31.1 Å². The maximum atomic E-state index is 12.2. The first-order valence-corrected chi connectivity index (χ1v) is 11.8. The number of fused-ring (bicyclic) bond motifs is 1. The number of aromatic nitrogens is 3. The fraction of sp³-hybridized carbons (Fsp3) is 0.407. The highest BCUT2D eigenvalue weighted by molar-refractivity contribution is 6.04. The zero-order chi connectivity index (χ0) is 25.2. The number of H-pyrrole nitrogens is 1. The fourth-order valence-electron chi connectivity index (χ4n) is 4.14. The van der Waals surface area contributed by atoms with Crippen LogP contribution >= 0.6 is 0 Å². The van der Waals surface area contributed by atoms with E-state index in [-0.39, 0.29) is 0 Å². The van der Waals surface area contributed by atoms with Gasteiger partial charge in [-0.25, -0.2) is 9.78 Å². The molecule has 8 nitrogen and oxygen atoms in total. The number of benzene rings is 1. The van der Waals surface area contributed by atoms with Crippen LogP contribution in [0.3, 0.4) is 0 Å². The number of nitrogens with zero attached hydrogens (tertiary/aromatic N) is 3. The number of hydrogen-bond donors (Lipinski definition) is 2. The maximum Gasteiger partial charge on any atom is 0.407 e. The Hall–Kier alpha value is -3.68. The van der Waals surface area contributed by atoms with E-state index in [0.717, 1.165) is 52.5 Å². The first-order valence-electron chi connectivity index (χ1n) is 11.8. The number of amides is 1. The molecule has 0 aliphatic heterocycles. The number of alkyl carbamates (subject to hydrolysis) is 1. The summed E-state index contributed by atoms with van der Waals surface area (Å²) in [7, 11) is 1.57. The highest BCUT2D eigenvalue weighted by Crippen LogP contribution is 2.35. The van der Waals surface area contributed by atoms with Gasteiger partial charge in [0, 0.05) is 41.0 Å². The number of carbonyl (C=O) groups excluding carboxylic acids is 1. The third-order valence-electron chi connectivity index (χ3n) is 5.91. The molecule has 8 heteroatoms. The predicted molar refractivity (Wildman–Crippen MR) is 136 cm³/mol. The van der Waals surface area contributed by atoms with Crippen LogP contribution in [0.25, 0.3) is 22.5 Å². The van der Waals surface area contributed by atoms with Crippen LogP contribution in [0.4, 0.5) is 4.79 Å². The Morgan fingerprint density at radius 1 is 1.09 bits per heavy atom. The molecule has 35 heavy (non-hydrogen) atoms. The van der Waals surface area contributed by atoms with Gasteiger partial charge < -0.3 is 19.9 Å². The molecule has 0 saturated carbocycles. The first kappa shape index (κ1) is 24.4. The average Bonchev–Trinajstić information content (AvgIpc) is 3.43. The number of hydrogen-bond acceptors (Lipinski definition) is 6. The van der Waals surface area contributed by atoms with Crippen molar-refractivity contribution >= 4 is 11.8 Å². The molecule has 1 aliphatic carbocycles. The van der Waals surface area contributed by atoms with Crippen LogP contribution in [-0.2, 0) is 21.4 Å². The molecule has 0 fully saturated rings. The number of nitrogens with one attached hydrogen (secondary N) is 2. The van der Waals surface area contributed by atoms with Crippen molar-refractivity contribution in [3.05, 3.63) is 59.7 Å². The van der Waals surface area contributed by atoms with Gasteiger partial charge in [0.15, 0.2) is 0 Å². The summed E-state index contributed by atoms with van der Waals surface area (Å²) in [6.45, 7) is 9.99. The van der Waals surface area contributed by atoms with Crippen molar-refractivity contribution in [1.82, 2.24) is 20.3 Å². The van der Waals surface area contributed by atoms with Crippen LogP contribution in [0.15, 0.2) is 47.9 Å². The van der Waals surface area contributed by atoms with E-state index in [2.05, 4.69) is 38.6 Å². The summed E-state index contributed by atoms with van der Waals surface area (Å²) in [5, 5.41) is 7.05. The summed E-state index contributed by atoms with van der Waals surface area (Å²) in [6.07, 6.45) is 4.87. The Morgan fingerprint density at radius 2 is 1.83 bits per heavy atom. The van der Waals surface area contributed by atoms with E-state index in [1.807, 2.05) is 46.8 Å². The monoisotopic (exact) mass is 475 g/mol. The Labute approximate surface area is 206 Å². The summed E-state index contributed by atoms with van der Waals surface area (Å²) >= 11 is 0. The molecular weight excluding hydrogens is 442 g/mol. The van der Waals surface area contributed by atoms with Gasteiger partial charge >= 0.3 is 6.09 Å². The second kappa shape index (κ2) is 9.52. The molecule has 0 saturated heterocycles. The number of pyridine rings is 1. The van der Waals surface area contributed by atoms with Gasteiger partial charge in [-0.05, 0) is 57.4 Å². The topological polar surface area (TPSA) is 101 Å². The zero-order valence-electron chi connectivity index (χ0n) is 21.2. The molecule has 4 rings (SSSR count). The van der Waals surface area contributed by atoms with Crippen molar-refractivity contribution in [2.24, 2.45) is 5.16 Å². The molecule has 3 aromatic rings. The minimum atomic E-state index is -0.554.